The van der Waals surface area contributed by atoms with E-state index in [1.807, 2.05) is 0 Å². The van der Waals surface area contributed by atoms with Gasteiger partial charge in [-0.3, -0.25) is 0 Å². The summed E-state index contributed by atoms with van der Waals surface area (Å²) in [5, 5.41) is 3.89. The minimum Gasteiger partial charge on any atom is -0.308 e. The summed E-state index contributed by atoms with van der Waals surface area (Å²) in [5.41, 5.74) is 0.697. The van der Waals surface area contributed by atoms with Crippen LogP contribution in [-0.2, 0) is 0 Å². The van der Waals surface area contributed by atoms with Crippen LogP contribution in [0.2, 0.25) is 0 Å². The molecule has 2 unspecified atom stereocenters. The van der Waals surface area contributed by atoms with Gasteiger partial charge in [0.1, 0.15) is 0 Å². The van der Waals surface area contributed by atoms with Crippen molar-refractivity contribution in [2.45, 2.75) is 43.7 Å². The molecule has 0 aromatic carbocycles. The molecule has 4 aliphatic rings. The summed E-state index contributed by atoms with van der Waals surface area (Å²) in [5.74, 6) is 3.38. The molecule has 1 saturated heterocycles. The van der Waals surface area contributed by atoms with E-state index in [4.69, 9.17) is 0 Å². The summed E-state index contributed by atoms with van der Waals surface area (Å²) in [6.07, 6.45) is 7.63. The lowest BCUT2D eigenvalue weighted by Crippen LogP contribution is -2.32. The van der Waals surface area contributed by atoms with Crippen molar-refractivity contribution in [3.63, 3.8) is 0 Å². The van der Waals surface area contributed by atoms with Crippen molar-refractivity contribution in [3.8, 4) is 0 Å². The highest BCUT2D eigenvalue weighted by molar-refractivity contribution is 5.19. The van der Waals surface area contributed by atoms with Gasteiger partial charge in [0.2, 0.25) is 0 Å². The third-order valence-corrected chi connectivity index (χ3v) is 4.53. The number of hydrogen-bond donors (Lipinski definition) is 1. The molecule has 1 aliphatic heterocycles. The summed E-state index contributed by atoms with van der Waals surface area (Å²) in [6.45, 7) is 0. The van der Waals surface area contributed by atoms with Crippen LogP contribution in [0.3, 0.4) is 0 Å². The summed E-state index contributed by atoms with van der Waals surface area (Å²) < 4.78 is 0. The maximum absolute atomic E-state index is 3.89. The molecule has 1 heteroatoms. The van der Waals surface area contributed by atoms with E-state index in [0.29, 0.717) is 5.54 Å². The fourth-order valence-electron chi connectivity index (χ4n) is 3.72. The molecule has 1 heterocycles. The van der Waals surface area contributed by atoms with Crippen LogP contribution in [0.15, 0.2) is 0 Å². The Balaban J connectivity index is 1.68. The van der Waals surface area contributed by atoms with Gasteiger partial charge in [-0.15, -0.1) is 0 Å². The third kappa shape index (κ3) is 0.581. The molecule has 0 aromatic heterocycles. The van der Waals surface area contributed by atoms with E-state index in [-0.39, 0.29) is 0 Å². The Kier molecular flexibility index (Phi) is 0.706. The van der Waals surface area contributed by atoms with Gasteiger partial charge in [-0.1, -0.05) is 0 Å². The van der Waals surface area contributed by atoms with Gasteiger partial charge in [0.15, 0.2) is 0 Å². The molecule has 11 heavy (non-hydrogen) atoms. The van der Waals surface area contributed by atoms with Gasteiger partial charge in [-0.25, -0.2) is 0 Å². The largest absolute Gasteiger partial charge is 0.308 e. The predicted molar refractivity (Wildman–Crippen MR) is 43.2 cm³/mol. The predicted octanol–water partition coefficient (Wildman–Crippen LogP) is 1.54. The van der Waals surface area contributed by atoms with Gasteiger partial charge in [0, 0.05) is 11.6 Å². The highest BCUT2D eigenvalue weighted by Gasteiger charge is 2.62. The Bertz CT molecular complexity index is 219. The van der Waals surface area contributed by atoms with Gasteiger partial charge in [0.25, 0.3) is 0 Å². The lowest BCUT2D eigenvalue weighted by Gasteiger charge is -2.11. The quantitative estimate of drug-likeness (QED) is 0.551. The Morgan fingerprint density at radius 3 is 2.73 bits per heavy atom. The summed E-state index contributed by atoms with van der Waals surface area (Å²) in [4.78, 5) is 0. The molecule has 4 rings (SSSR count). The minimum absolute atomic E-state index is 0.697. The molecular formula is C10H15N. The number of fused-ring (bicyclic) bond motifs is 3. The van der Waals surface area contributed by atoms with Crippen LogP contribution in [-0.4, -0.2) is 11.6 Å². The Morgan fingerprint density at radius 2 is 2.00 bits per heavy atom. The van der Waals surface area contributed by atoms with E-state index in [9.17, 15) is 0 Å². The highest BCUT2D eigenvalue weighted by Crippen LogP contribution is 2.62. The van der Waals surface area contributed by atoms with Crippen LogP contribution >= 0.6 is 0 Å². The number of nitrogens with one attached hydrogen (secondary N) is 1. The average Bonchev–Trinajstić information content (AvgIpc) is 2.75. The first-order valence-electron chi connectivity index (χ1n) is 5.14. The van der Waals surface area contributed by atoms with E-state index < -0.39 is 0 Å². The standard InChI is InChI=1S/C10H15N/c1-2-10(1)5-7-3-6-4-8(6)9(7)11-10/h6-9,11H,1-5H2/t6-,7+,8?,9?/m1/s1. The van der Waals surface area contributed by atoms with E-state index in [2.05, 4.69) is 5.32 Å². The molecular weight excluding hydrogens is 134 g/mol. The Morgan fingerprint density at radius 1 is 1.09 bits per heavy atom. The summed E-state index contributed by atoms with van der Waals surface area (Å²) >= 11 is 0. The van der Waals surface area contributed by atoms with Crippen LogP contribution in [0.5, 0.6) is 0 Å². The van der Waals surface area contributed by atoms with Crippen molar-refractivity contribution in [2.24, 2.45) is 17.8 Å². The van der Waals surface area contributed by atoms with Crippen molar-refractivity contribution in [3.05, 3.63) is 0 Å². The minimum atomic E-state index is 0.697. The first-order valence-corrected chi connectivity index (χ1v) is 5.14. The molecule has 1 spiro atoms. The van der Waals surface area contributed by atoms with E-state index in [1.54, 1.807) is 12.8 Å². The highest BCUT2D eigenvalue weighted by atomic mass is 15.1. The first kappa shape index (κ1) is 5.58. The molecule has 0 aromatic rings. The lowest BCUT2D eigenvalue weighted by atomic mass is 9.97. The fourth-order valence-corrected chi connectivity index (χ4v) is 3.72. The number of rotatable bonds is 0. The zero-order chi connectivity index (χ0) is 7.05. The number of hydrogen-bond acceptors (Lipinski definition) is 1. The molecule has 3 aliphatic carbocycles. The summed E-state index contributed by atoms with van der Waals surface area (Å²) in [7, 11) is 0. The molecule has 60 valence electrons. The fraction of sp³-hybridized carbons (Fsp3) is 1.00. The van der Waals surface area contributed by atoms with Gasteiger partial charge >= 0.3 is 0 Å². The SMILES string of the molecule is C1C2C3NC4(CC4)C[C@@H]3C[C@H]12. The van der Waals surface area contributed by atoms with Gasteiger partial charge < -0.3 is 5.32 Å². The second-order valence-corrected chi connectivity index (χ2v) is 5.31. The van der Waals surface area contributed by atoms with Crippen molar-refractivity contribution < 1.29 is 0 Å². The van der Waals surface area contributed by atoms with Crippen molar-refractivity contribution >= 4 is 0 Å². The van der Waals surface area contributed by atoms with E-state index >= 15 is 0 Å². The van der Waals surface area contributed by atoms with Crippen molar-refractivity contribution in [1.29, 1.82) is 0 Å². The zero-order valence-electron chi connectivity index (χ0n) is 6.84. The van der Waals surface area contributed by atoms with Gasteiger partial charge in [-0.05, 0) is 49.9 Å². The van der Waals surface area contributed by atoms with Gasteiger partial charge in [-0.2, -0.15) is 0 Å². The lowest BCUT2D eigenvalue weighted by molar-refractivity contribution is 0.451. The maximum atomic E-state index is 3.89. The van der Waals surface area contributed by atoms with Crippen LogP contribution in [0.4, 0.5) is 0 Å². The maximum Gasteiger partial charge on any atom is 0.0188 e. The first-order chi connectivity index (χ1) is 5.36. The molecule has 1 N–H and O–H groups in total. The van der Waals surface area contributed by atoms with Crippen molar-refractivity contribution in [1.82, 2.24) is 5.32 Å². The van der Waals surface area contributed by atoms with Crippen molar-refractivity contribution in [2.75, 3.05) is 0 Å². The molecule has 0 bridgehead atoms. The molecule has 3 saturated carbocycles. The molecule has 0 amide bonds. The van der Waals surface area contributed by atoms with Crippen LogP contribution in [0.1, 0.15) is 32.1 Å². The smallest absolute Gasteiger partial charge is 0.0188 e. The Labute approximate surface area is 67.6 Å². The summed E-state index contributed by atoms with van der Waals surface area (Å²) in [6, 6.07) is 0.975. The topological polar surface area (TPSA) is 12.0 Å². The van der Waals surface area contributed by atoms with Crippen LogP contribution in [0.25, 0.3) is 0 Å². The van der Waals surface area contributed by atoms with Crippen LogP contribution < -0.4 is 5.32 Å². The Hall–Kier alpha value is -0.0400. The molecule has 0 radical (unpaired) electrons. The van der Waals surface area contributed by atoms with Gasteiger partial charge in [0.05, 0.1) is 0 Å². The normalized spacial score (nSPS) is 61.1. The van der Waals surface area contributed by atoms with E-state index in [0.717, 1.165) is 23.8 Å². The average molecular weight is 149 g/mol. The van der Waals surface area contributed by atoms with Crippen LogP contribution in [0, 0.1) is 17.8 Å². The molecule has 4 fully saturated rings. The zero-order valence-corrected chi connectivity index (χ0v) is 6.84. The second kappa shape index (κ2) is 1.39. The second-order valence-electron chi connectivity index (χ2n) is 5.31. The molecule has 1 nitrogen and oxygen atoms in total. The third-order valence-electron chi connectivity index (χ3n) is 4.53. The van der Waals surface area contributed by atoms with E-state index in [1.165, 1.54) is 19.3 Å². The molecule has 4 atom stereocenters. The monoisotopic (exact) mass is 149 g/mol.